The zero-order valence-corrected chi connectivity index (χ0v) is 11.5. The number of allylic oxidation sites excluding steroid dienone is 2. The van der Waals surface area contributed by atoms with E-state index in [-0.39, 0.29) is 0 Å². The SMILES string of the molecule is C/C=C\C(C)=NC1CN1CC(C)C=CCNC. The molecule has 1 fully saturated rings. The number of likely N-dealkylation sites (N-methyl/N-ethyl adjacent to an activating group) is 1. The van der Waals surface area contributed by atoms with Crippen LogP contribution in [0.2, 0.25) is 0 Å². The summed E-state index contributed by atoms with van der Waals surface area (Å²) in [5, 5.41) is 3.11. The van der Waals surface area contributed by atoms with Crippen molar-refractivity contribution >= 4 is 5.71 Å². The predicted octanol–water partition coefficient (Wildman–Crippen LogP) is 2.08. The summed E-state index contributed by atoms with van der Waals surface area (Å²) in [6.45, 7) is 9.51. The first-order chi connectivity index (χ1) is 8.17. The van der Waals surface area contributed by atoms with Crippen molar-refractivity contribution in [3.63, 3.8) is 0 Å². The zero-order chi connectivity index (χ0) is 12.7. The Balaban J connectivity index is 2.26. The minimum absolute atomic E-state index is 0.423. The summed E-state index contributed by atoms with van der Waals surface area (Å²) in [4.78, 5) is 7.03. The van der Waals surface area contributed by atoms with Gasteiger partial charge in [0, 0.05) is 25.3 Å². The minimum atomic E-state index is 0.423. The highest BCUT2D eigenvalue weighted by Gasteiger charge is 2.33. The van der Waals surface area contributed by atoms with Gasteiger partial charge in [0.25, 0.3) is 0 Å². The third kappa shape index (κ3) is 5.80. The van der Waals surface area contributed by atoms with Gasteiger partial charge in [-0.05, 0) is 32.9 Å². The summed E-state index contributed by atoms with van der Waals surface area (Å²) < 4.78 is 0. The lowest BCUT2D eigenvalue weighted by Gasteiger charge is -2.06. The van der Waals surface area contributed by atoms with Crippen molar-refractivity contribution in [2.75, 3.05) is 26.7 Å². The first-order valence-electron chi connectivity index (χ1n) is 6.39. The molecule has 1 rings (SSSR count). The molecule has 17 heavy (non-hydrogen) atoms. The van der Waals surface area contributed by atoms with E-state index in [1.54, 1.807) is 0 Å². The maximum atomic E-state index is 4.63. The molecule has 1 N–H and O–H groups in total. The van der Waals surface area contributed by atoms with Crippen LogP contribution >= 0.6 is 0 Å². The Hall–Kier alpha value is -0.930. The average Bonchev–Trinajstić information content (AvgIpc) is 2.96. The van der Waals surface area contributed by atoms with Crippen LogP contribution in [0.4, 0.5) is 0 Å². The van der Waals surface area contributed by atoms with E-state index < -0.39 is 0 Å². The summed E-state index contributed by atoms with van der Waals surface area (Å²) in [6.07, 6.45) is 8.99. The number of nitrogens with one attached hydrogen (secondary N) is 1. The largest absolute Gasteiger partial charge is 0.316 e. The second-order valence-corrected chi connectivity index (χ2v) is 4.67. The Morgan fingerprint density at radius 3 is 3.00 bits per heavy atom. The predicted molar refractivity (Wildman–Crippen MR) is 75.5 cm³/mol. The molecule has 3 unspecified atom stereocenters. The number of rotatable bonds is 7. The molecule has 0 spiro atoms. The Morgan fingerprint density at radius 1 is 1.59 bits per heavy atom. The Labute approximate surface area is 105 Å². The molecule has 0 bridgehead atoms. The van der Waals surface area contributed by atoms with Gasteiger partial charge in [-0.1, -0.05) is 25.2 Å². The molecule has 0 aromatic heterocycles. The molecule has 0 saturated carbocycles. The quantitative estimate of drug-likeness (QED) is 0.415. The van der Waals surface area contributed by atoms with Gasteiger partial charge < -0.3 is 5.32 Å². The fourth-order valence-electron chi connectivity index (χ4n) is 1.85. The van der Waals surface area contributed by atoms with Crippen molar-refractivity contribution < 1.29 is 0 Å². The monoisotopic (exact) mass is 235 g/mol. The lowest BCUT2D eigenvalue weighted by atomic mass is 10.1. The molecule has 3 atom stereocenters. The maximum Gasteiger partial charge on any atom is 0.115 e. The smallest absolute Gasteiger partial charge is 0.115 e. The van der Waals surface area contributed by atoms with Gasteiger partial charge in [-0.15, -0.1) is 0 Å². The second-order valence-electron chi connectivity index (χ2n) is 4.67. The van der Waals surface area contributed by atoms with Gasteiger partial charge >= 0.3 is 0 Å². The molecule has 1 heterocycles. The van der Waals surface area contributed by atoms with E-state index in [1.165, 1.54) is 0 Å². The third-order valence-corrected chi connectivity index (χ3v) is 2.76. The Morgan fingerprint density at radius 2 is 2.35 bits per heavy atom. The first-order valence-corrected chi connectivity index (χ1v) is 6.39. The molecule has 0 amide bonds. The van der Waals surface area contributed by atoms with Crippen LogP contribution in [0.5, 0.6) is 0 Å². The molecular formula is C14H25N3. The molecule has 0 radical (unpaired) electrons. The van der Waals surface area contributed by atoms with E-state index in [0.717, 1.165) is 25.3 Å². The summed E-state index contributed by atoms with van der Waals surface area (Å²) in [5.74, 6) is 0.602. The van der Waals surface area contributed by atoms with Crippen molar-refractivity contribution in [2.24, 2.45) is 10.9 Å². The molecule has 1 aliphatic heterocycles. The summed E-state index contributed by atoms with van der Waals surface area (Å²) >= 11 is 0. The van der Waals surface area contributed by atoms with E-state index in [4.69, 9.17) is 0 Å². The zero-order valence-electron chi connectivity index (χ0n) is 11.5. The lowest BCUT2D eigenvalue weighted by Crippen LogP contribution is -2.11. The van der Waals surface area contributed by atoms with Crippen LogP contribution < -0.4 is 5.32 Å². The fraction of sp³-hybridized carbons (Fsp3) is 0.643. The summed E-state index contributed by atoms with van der Waals surface area (Å²) in [6, 6.07) is 0. The molecule has 0 aromatic rings. The molecular weight excluding hydrogens is 210 g/mol. The number of hydrogen-bond acceptors (Lipinski definition) is 3. The van der Waals surface area contributed by atoms with Crippen LogP contribution in [0, 0.1) is 5.92 Å². The lowest BCUT2D eigenvalue weighted by molar-refractivity contribution is 0.455. The molecule has 3 heteroatoms. The van der Waals surface area contributed by atoms with Gasteiger partial charge in [-0.25, -0.2) is 0 Å². The van der Waals surface area contributed by atoms with E-state index in [1.807, 2.05) is 20.0 Å². The van der Waals surface area contributed by atoms with Gasteiger partial charge in [0.2, 0.25) is 0 Å². The summed E-state index contributed by atoms with van der Waals surface area (Å²) in [7, 11) is 1.97. The van der Waals surface area contributed by atoms with Crippen molar-refractivity contribution in [2.45, 2.75) is 26.9 Å². The van der Waals surface area contributed by atoms with Gasteiger partial charge in [-0.2, -0.15) is 0 Å². The highest BCUT2D eigenvalue weighted by atomic mass is 15.4. The van der Waals surface area contributed by atoms with Gasteiger partial charge in [0.1, 0.15) is 6.17 Å². The average molecular weight is 235 g/mol. The van der Waals surface area contributed by atoms with Crippen molar-refractivity contribution in [3.8, 4) is 0 Å². The van der Waals surface area contributed by atoms with Crippen LogP contribution in [-0.4, -0.2) is 43.5 Å². The third-order valence-electron chi connectivity index (χ3n) is 2.76. The maximum absolute atomic E-state index is 4.63. The molecule has 1 saturated heterocycles. The molecule has 96 valence electrons. The van der Waals surface area contributed by atoms with Crippen molar-refractivity contribution in [3.05, 3.63) is 24.3 Å². The fourth-order valence-corrected chi connectivity index (χ4v) is 1.85. The number of hydrogen-bond donors (Lipinski definition) is 1. The van der Waals surface area contributed by atoms with Crippen LogP contribution in [0.15, 0.2) is 29.3 Å². The molecule has 0 aromatic carbocycles. The standard InChI is InChI=1S/C14H25N3/c1-5-7-13(3)16-14-11-17(14)10-12(2)8-6-9-15-4/h5-8,12,14-15H,9-11H2,1-4H3/b7-5-,8-6?,16-13?. The van der Waals surface area contributed by atoms with Crippen LogP contribution in [-0.2, 0) is 0 Å². The molecule has 3 nitrogen and oxygen atoms in total. The van der Waals surface area contributed by atoms with Crippen LogP contribution in [0.1, 0.15) is 20.8 Å². The molecule has 0 aliphatic carbocycles. The number of aliphatic imine (C=N–C) groups is 1. The van der Waals surface area contributed by atoms with Gasteiger partial charge in [0.05, 0.1) is 0 Å². The first kappa shape index (κ1) is 14.1. The van der Waals surface area contributed by atoms with E-state index in [9.17, 15) is 0 Å². The van der Waals surface area contributed by atoms with E-state index in [0.29, 0.717) is 12.1 Å². The Kier molecular flexibility index (Phi) is 6.16. The van der Waals surface area contributed by atoms with Crippen LogP contribution in [0.25, 0.3) is 0 Å². The highest BCUT2D eigenvalue weighted by molar-refractivity contribution is 5.92. The van der Waals surface area contributed by atoms with Crippen molar-refractivity contribution in [1.29, 1.82) is 0 Å². The van der Waals surface area contributed by atoms with Gasteiger partial charge in [-0.3, -0.25) is 9.89 Å². The molecule has 1 aliphatic rings. The second kappa shape index (κ2) is 7.41. The minimum Gasteiger partial charge on any atom is -0.316 e. The topological polar surface area (TPSA) is 27.4 Å². The van der Waals surface area contributed by atoms with Gasteiger partial charge in [0.15, 0.2) is 0 Å². The summed E-state index contributed by atoms with van der Waals surface area (Å²) in [5.41, 5.74) is 1.12. The highest BCUT2D eigenvalue weighted by Crippen LogP contribution is 2.21. The van der Waals surface area contributed by atoms with Crippen molar-refractivity contribution in [1.82, 2.24) is 10.2 Å². The number of nitrogens with zero attached hydrogens (tertiary/aromatic N) is 2. The normalized spacial score (nSPS) is 26.9. The van der Waals surface area contributed by atoms with E-state index in [2.05, 4.69) is 47.3 Å². The van der Waals surface area contributed by atoms with E-state index >= 15 is 0 Å². The van der Waals surface area contributed by atoms with Crippen LogP contribution in [0.3, 0.4) is 0 Å². The Bertz CT molecular complexity index is 305.